The lowest BCUT2D eigenvalue weighted by Gasteiger charge is -1.93. The molecular weight excluding hydrogens is 136 g/mol. The molecule has 6 heteroatoms. The number of hydrogen-bond acceptors (Lipinski definition) is 5. The van der Waals surface area contributed by atoms with Crippen LogP contribution in [0.2, 0.25) is 0 Å². The summed E-state index contributed by atoms with van der Waals surface area (Å²) < 4.78 is 4.56. The normalized spacial score (nSPS) is 9.30. The van der Waals surface area contributed by atoms with Crippen molar-refractivity contribution < 1.29 is 9.53 Å². The maximum Gasteiger partial charge on any atom is 0.303 e. The van der Waals surface area contributed by atoms with Gasteiger partial charge in [0.1, 0.15) is 0 Å². The van der Waals surface area contributed by atoms with Crippen molar-refractivity contribution in [1.82, 2.24) is 20.6 Å². The van der Waals surface area contributed by atoms with Crippen LogP contribution in [0.3, 0.4) is 0 Å². The van der Waals surface area contributed by atoms with Crippen molar-refractivity contribution in [1.29, 1.82) is 0 Å². The number of aromatic nitrogens is 4. The highest BCUT2D eigenvalue weighted by Crippen LogP contribution is 1.87. The van der Waals surface area contributed by atoms with Crippen molar-refractivity contribution in [3.05, 3.63) is 5.82 Å². The van der Waals surface area contributed by atoms with Crippen LogP contribution in [-0.2, 0) is 16.1 Å². The van der Waals surface area contributed by atoms with Gasteiger partial charge in [0.2, 0.25) is 5.82 Å². The summed E-state index contributed by atoms with van der Waals surface area (Å²) in [4.78, 5) is 10.2. The Balaban J connectivity index is 2.35. The van der Waals surface area contributed by atoms with Crippen LogP contribution in [-0.4, -0.2) is 26.6 Å². The van der Waals surface area contributed by atoms with E-state index in [1.807, 2.05) is 0 Å². The van der Waals surface area contributed by atoms with Gasteiger partial charge in [-0.05, 0) is 0 Å². The summed E-state index contributed by atoms with van der Waals surface area (Å²) in [6, 6.07) is 0. The molecule has 1 aromatic rings. The van der Waals surface area contributed by atoms with Crippen LogP contribution in [0.4, 0.5) is 0 Å². The zero-order valence-corrected chi connectivity index (χ0v) is 5.37. The van der Waals surface area contributed by atoms with Crippen molar-refractivity contribution in [2.45, 2.75) is 13.5 Å². The Hall–Kier alpha value is -1.46. The molecule has 0 amide bonds. The number of hydrogen-bond donors (Lipinski definition) is 1. The SMILES string of the molecule is CC(=O)OCc1nn[nH]n1. The van der Waals surface area contributed by atoms with Crippen molar-refractivity contribution in [2.75, 3.05) is 0 Å². The average Bonchev–Trinajstić information content (AvgIpc) is 2.34. The molecule has 0 bridgehead atoms. The van der Waals surface area contributed by atoms with Crippen LogP contribution in [0, 0.1) is 0 Å². The molecule has 0 atom stereocenters. The lowest BCUT2D eigenvalue weighted by molar-refractivity contribution is -0.142. The minimum atomic E-state index is -0.357. The highest BCUT2D eigenvalue weighted by Gasteiger charge is 1.98. The first-order valence-electron chi connectivity index (χ1n) is 2.64. The van der Waals surface area contributed by atoms with Crippen LogP contribution in [0.25, 0.3) is 0 Å². The smallest absolute Gasteiger partial charge is 0.303 e. The molecule has 1 heterocycles. The Labute approximate surface area is 56.6 Å². The number of ether oxygens (including phenoxy) is 1. The summed E-state index contributed by atoms with van der Waals surface area (Å²) >= 11 is 0. The van der Waals surface area contributed by atoms with Crippen molar-refractivity contribution in [2.24, 2.45) is 0 Å². The fourth-order valence-corrected chi connectivity index (χ4v) is 0.410. The zero-order valence-electron chi connectivity index (χ0n) is 5.37. The summed E-state index contributed by atoms with van der Waals surface area (Å²) in [7, 11) is 0. The second kappa shape index (κ2) is 2.90. The summed E-state index contributed by atoms with van der Waals surface area (Å²) in [6.07, 6.45) is 0. The highest BCUT2D eigenvalue weighted by atomic mass is 16.5. The van der Waals surface area contributed by atoms with E-state index in [9.17, 15) is 4.79 Å². The number of carbonyl (C=O) groups excluding carboxylic acids is 1. The molecule has 0 aromatic carbocycles. The Morgan fingerprint density at radius 1 is 1.80 bits per heavy atom. The number of tetrazole rings is 1. The molecule has 6 nitrogen and oxygen atoms in total. The monoisotopic (exact) mass is 142 g/mol. The number of aromatic amines is 1. The van der Waals surface area contributed by atoms with Gasteiger partial charge in [0, 0.05) is 6.92 Å². The molecule has 0 saturated carbocycles. The maximum absolute atomic E-state index is 10.2. The van der Waals surface area contributed by atoms with Gasteiger partial charge in [0.25, 0.3) is 0 Å². The van der Waals surface area contributed by atoms with Gasteiger partial charge in [-0.25, -0.2) is 0 Å². The van der Waals surface area contributed by atoms with Gasteiger partial charge in [-0.1, -0.05) is 5.21 Å². The molecule has 0 aliphatic rings. The van der Waals surface area contributed by atoms with E-state index in [0.29, 0.717) is 5.82 Å². The molecule has 0 aliphatic heterocycles. The predicted octanol–water partition coefficient (Wildman–Crippen LogP) is -0.737. The molecule has 0 unspecified atom stereocenters. The predicted molar refractivity (Wildman–Crippen MR) is 29.6 cm³/mol. The minimum absolute atomic E-state index is 0.0752. The van der Waals surface area contributed by atoms with Crippen molar-refractivity contribution in [3.8, 4) is 0 Å². The Bertz CT molecular complexity index is 207. The van der Waals surface area contributed by atoms with Gasteiger partial charge in [-0.15, -0.1) is 10.2 Å². The number of nitrogens with one attached hydrogen (secondary N) is 1. The molecule has 1 N–H and O–H groups in total. The number of esters is 1. The minimum Gasteiger partial charge on any atom is -0.457 e. The van der Waals surface area contributed by atoms with Crippen LogP contribution in [0.15, 0.2) is 0 Å². The Morgan fingerprint density at radius 3 is 3.10 bits per heavy atom. The van der Waals surface area contributed by atoms with E-state index in [4.69, 9.17) is 0 Å². The molecule has 54 valence electrons. The lowest BCUT2D eigenvalue weighted by Crippen LogP contribution is -2.00. The Kier molecular flexibility index (Phi) is 1.93. The summed E-state index contributed by atoms with van der Waals surface area (Å²) in [6.45, 7) is 1.39. The molecule has 1 rings (SSSR count). The first-order valence-corrected chi connectivity index (χ1v) is 2.64. The van der Waals surface area contributed by atoms with E-state index >= 15 is 0 Å². The molecule has 0 radical (unpaired) electrons. The average molecular weight is 142 g/mol. The molecule has 0 spiro atoms. The zero-order chi connectivity index (χ0) is 7.40. The van der Waals surface area contributed by atoms with E-state index in [2.05, 4.69) is 25.4 Å². The topological polar surface area (TPSA) is 80.8 Å². The first-order chi connectivity index (χ1) is 4.79. The van der Waals surface area contributed by atoms with E-state index in [1.165, 1.54) is 6.92 Å². The summed E-state index contributed by atoms with van der Waals surface area (Å²) in [5.74, 6) is 0.0139. The van der Waals surface area contributed by atoms with Crippen molar-refractivity contribution >= 4 is 5.97 Å². The standard InChI is InChI=1S/C4H6N4O2/c1-3(9)10-2-4-5-7-8-6-4/h2H2,1H3,(H,5,6,7,8). The number of H-pyrrole nitrogens is 1. The van der Waals surface area contributed by atoms with Crippen LogP contribution < -0.4 is 0 Å². The number of nitrogens with zero attached hydrogens (tertiary/aromatic N) is 3. The molecule has 10 heavy (non-hydrogen) atoms. The number of carbonyl (C=O) groups is 1. The van der Waals surface area contributed by atoms with Gasteiger partial charge >= 0.3 is 5.97 Å². The van der Waals surface area contributed by atoms with Crippen molar-refractivity contribution in [3.63, 3.8) is 0 Å². The second-order valence-corrected chi connectivity index (χ2v) is 1.61. The van der Waals surface area contributed by atoms with E-state index in [-0.39, 0.29) is 12.6 Å². The summed E-state index contributed by atoms with van der Waals surface area (Å²) in [5.41, 5.74) is 0. The fourth-order valence-electron chi connectivity index (χ4n) is 0.410. The third-order valence-electron chi connectivity index (χ3n) is 0.794. The van der Waals surface area contributed by atoms with E-state index in [1.54, 1.807) is 0 Å². The maximum atomic E-state index is 10.2. The lowest BCUT2D eigenvalue weighted by atomic mass is 10.7. The van der Waals surface area contributed by atoms with E-state index < -0.39 is 0 Å². The molecule has 0 fully saturated rings. The quantitative estimate of drug-likeness (QED) is 0.550. The molecule has 0 saturated heterocycles. The highest BCUT2D eigenvalue weighted by molar-refractivity contribution is 5.65. The second-order valence-electron chi connectivity index (χ2n) is 1.61. The summed E-state index contributed by atoms with van der Waals surface area (Å²) in [5, 5.41) is 12.6. The molecule has 1 aromatic heterocycles. The van der Waals surface area contributed by atoms with Gasteiger partial charge in [-0.2, -0.15) is 5.21 Å². The van der Waals surface area contributed by atoms with E-state index in [0.717, 1.165) is 0 Å². The molecule has 0 aliphatic carbocycles. The fraction of sp³-hybridized carbons (Fsp3) is 0.500. The van der Waals surface area contributed by atoms with Gasteiger partial charge in [0.05, 0.1) is 0 Å². The van der Waals surface area contributed by atoms with Gasteiger partial charge in [-0.3, -0.25) is 4.79 Å². The third-order valence-corrected chi connectivity index (χ3v) is 0.794. The first kappa shape index (κ1) is 6.66. The molecular formula is C4H6N4O2. The number of rotatable bonds is 2. The van der Waals surface area contributed by atoms with Crippen LogP contribution in [0.5, 0.6) is 0 Å². The van der Waals surface area contributed by atoms with Gasteiger partial charge in [0.15, 0.2) is 6.61 Å². The largest absolute Gasteiger partial charge is 0.457 e. The van der Waals surface area contributed by atoms with Crippen LogP contribution in [0.1, 0.15) is 12.7 Å². The Morgan fingerprint density at radius 2 is 2.60 bits per heavy atom. The van der Waals surface area contributed by atoms with Gasteiger partial charge < -0.3 is 4.74 Å². The van der Waals surface area contributed by atoms with Crippen LogP contribution >= 0.6 is 0 Å². The third kappa shape index (κ3) is 1.81.